The van der Waals surface area contributed by atoms with Crippen LogP contribution in [0.5, 0.6) is 0 Å². The van der Waals surface area contributed by atoms with Gasteiger partial charge < -0.3 is 4.74 Å². The minimum Gasteiger partial charge on any atom is -0.465 e. The quantitative estimate of drug-likeness (QED) is 0.491. The summed E-state index contributed by atoms with van der Waals surface area (Å²) in [5, 5.41) is 0. The maximum Gasteiger partial charge on any atom is 0.338 e. The van der Waals surface area contributed by atoms with Gasteiger partial charge in [-0.3, -0.25) is 4.79 Å². The second kappa shape index (κ2) is 4.56. The molecule has 74 valence electrons. The topological polar surface area (TPSA) is 43.4 Å². The lowest BCUT2D eigenvalue weighted by Gasteiger charge is -2.00. The van der Waals surface area contributed by atoms with Gasteiger partial charge in [-0.2, -0.15) is 0 Å². The Balaban J connectivity index is 3.13. The zero-order valence-corrected chi connectivity index (χ0v) is 8.19. The van der Waals surface area contributed by atoms with Crippen LogP contribution < -0.4 is 0 Å². The Hall–Kier alpha value is -1.64. The molecule has 0 saturated carbocycles. The van der Waals surface area contributed by atoms with Crippen molar-refractivity contribution in [3.8, 4) is 0 Å². The van der Waals surface area contributed by atoms with Crippen molar-refractivity contribution >= 4 is 12.3 Å². The number of aldehydes is 1. The molecule has 1 unspecified atom stereocenters. The van der Waals surface area contributed by atoms with Gasteiger partial charge >= 0.3 is 5.97 Å². The highest BCUT2D eigenvalue weighted by Gasteiger charge is 2.13. The van der Waals surface area contributed by atoms with Crippen LogP contribution in [0.2, 0.25) is 0 Å². The molecule has 0 saturated heterocycles. The number of hydrogen-bond acceptors (Lipinski definition) is 3. The summed E-state index contributed by atoms with van der Waals surface area (Å²) < 4.78 is 4.57. The average molecular weight is 192 g/mol. The van der Waals surface area contributed by atoms with E-state index in [0.717, 1.165) is 0 Å². The Morgan fingerprint density at radius 3 is 2.64 bits per heavy atom. The van der Waals surface area contributed by atoms with Crippen LogP contribution >= 0.6 is 0 Å². The predicted octanol–water partition coefficient (Wildman–Crippen LogP) is 1.42. The summed E-state index contributed by atoms with van der Waals surface area (Å²) >= 11 is 0. The van der Waals surface area contributed by atoms with Crippen LogP contribution in [0.1, 0.15) is 6.92 Å². The second-order valence-corrected chi connectivity index (χ2v) is 3.06. The van der Waals surface area contributed by atoms with Gasteiger partial charge in [-0.1, -0.05) is 31.2 Å². The molecule has 3 nitrogen and oxygen atoms in total. The number of carbonyl (C=O) groups excluding carboxylic acids is 2. The first kappa shape index (κ1) is 10.4. The Bertz CT molecular complexity index is 334. The molecule has 1 atom stereocenters. The maximum absolute atomic E-state index is 11.3. The molecule has 1 aliphatic rings. The van der Waals surface area contributed by atoms with E-state index < -0.39 is 5.97 Å². The van der Waals surface area contributed by atoms with Crippen LogP contribution in [0.25, 0.3) is 0 Å². The number of rotatable bonds is 2. The number of allylic oxidation sites excluding steroid dienone is 4. The number of esters is 1. The summed E-state index contributed by atoms with van der Waals surface area (Å²) in [6, 6.07) is 0. The molecule has 14 heavy (non-hydrogen) atoms. The van der Waals surface area contributed by atoms with E-state index >= 15 is 0 Å². The minimum absolute atomic E-state index is 0.215. The van der Waals surface area contributed by atoms with Crippen molar-refractivity contribution < 1.29 is 14.3 Å². The van der Waals surface area contributed by atoms with E-state index in [-0.39, 0.29) is 5.92 Å². The zero-order chi connectivity index (χ0) is 10.6. The van der Waals surface area contributed by atoms with Gasteiger partial charge in [-0.15, -0.1) is 0 Å². The molecule has 1 aliphatic carbocycles. The van der Waals surface area contributed by atoms with E-state index in [2.05, 4.69) is 4.74 Å². The van der Waals surface area contributed by atoms with E-state index in [1.807, 2.05) is 19.1 Å². The van der Waals surface area contributed by atoms with Crippen LogP contribution in [-0.4, -0.2) is 19.4 Å². The molecule has 0 amide bonds. The summed E-state index contributed by atoms with van der Waals surface area (Å²) in [5.74, 6) is -0.269. The predicted molar refractivity (Wildman–Crippen MR) is 52.6 cm³/mol. The normalized spacial score (nSPS) is 20.6. The first-order valence-corrected chi connectivity index (χ1v) is 4.33. The molecule has 0 radical (unpaired) electrons. The smallest absolute Gasteiger partial charge is 0.338 e. The van der Waals surface area contributed by atoms with E-state index in [0.29, 0.717) is 17.4 Å². The molecule has 0 heterocycles. The third-order valence-electron chi connectivity index (χ3n) is 1.99. The fourth-order valence-corrected chi connectivity index (χ4v) is 1.15. The van der Waals surface area contributed by atoms with Gasteiger partial charge in [-0.05, 0) is 5.92 Å². The third kappa shape index (κ3) is 2.19. The Morgan fingerprint density at radius 2 is 2.07 bits per heavy atom. The lowest BCUT2D eigenvalue weighted by Crippen LogP contribution is -2.05. The molecule has 0 aromatic rings. The largest absolute Gasteiger partial charge is 0.465 e. The van der Waals surface area contributed by atoms with Gasteiger partial charge in [0.25, 0.3) is 0 Å². The molecule has 0 bridgehead atoms. The number of carbonyl (C=O) groups is 2. The average Bonchev–Trinajstić information content (AvgIpc) is 2.39. The molecule has 0 aromatic carbocycles. The van der Waals surface area contributed by atoms with Crippen LogP contribution in [0.15, 0.2) is 35.5 Å². The zero-order valence-electron chi connectivity index (χ0n) is 8.19. The van der Waals surface area contributed by atoms with Crippen molar-refractivity contribution in [1.29, 1.82) is 0 Å². The summed E-state index contributed by atoms with van der Waals surface area (Å²) in [5.41, 5.74) is 0.667. The summed E-state index contributed by atoms with van der Waals surface area (Å²) in [6.07, 6.45) is 7.63. The van der Waals surface area contributed by atoms with Crippen molar-refractivity contribution in [3.05, 3.63) is 35.5 Å². The Labute approximate surface area is 82.8 Å². The van der Waals surface area contributed by atoms with Gasteiger partial charge in [-0.25, -0.2) is 4.79 Å². The number of ether oxygens (including phenoxy) is 1. The van der Waals surface area contributed by atoms with E-state index in [1.165, 1.54) is 7.11 Å². The highest BCUT2D eigenvalue weighted by molar-refractivity contribution is 5.99. The fraction of sp³-hybridized carbons (Fsp3) is 0.273. The molecular weight excluding hydrogens is 180 g/mol. The standard InChI is InChI=1S/C11H12O3/c1-8-3-5-9(7-12)10(6-4-8)11(13)14-2/h3-8H,1-2H3. The van der Waals surface area contributed by atoms with Crippen molar-refractivity contribution in [2.75, 3.05) is 7.11 Å². The first-order chi connectivity index (χ1) is 6.69. The van der Waals surface area contributed by atoms with Crippen molar-refractivity contribution in [3.63, 3.8) is 0 Å². The summed E-state index contributed by atoms with van der Waals surface area (Å²) in [7, 11) is 1.30. The van der Waals surface area contributed by atoms with Gasteiger partial charge in [0.15, 0.2) is 6.29 Å². The van der Waals surface area contributed by atoms with Crippen LogP contribution in [0, 0.1) is 5.92 Å². The van der Waals surface area contributed by atoms with Crippen LogP contribution in [0.4, 0.5) is 0 Å². The molecule has 0 aromatic heterocycles. The molecule has 3 heteroatoms. The van der Waals surface area contributed by atoms with Gasteiger partial charge in [0.2, 0.25) is 0 Å². The maximum atomic E-state index is 11.3. The van der Waals surface area contributed by atoms with Crippen LogP contribution in [-0.2, 0) is 14.3 Å². The van der Waals surface area contributed by atoms with Crippen molar-refractivity contribution in [1.82, 2.24) is 0 Å². The van der Waals surface area contributed by atoms with E-state index in [1.54, 1.807) is 12.2 Å². The molecule has 0 fully saturated rings. The summed E-state index contributed by atoms with van der Waals surface area (Å²) in [4.78, 5) is 22.0. The minimum atomic E-state index is -0.484. The molecule has 1 rings (SSSR count). The molecule has 0 spiro atoms. The third-order valence-corrected chi connectivity index (χ3v) is 1.99. The van der Waals surface area contributed by atoms with E-state index in [4.69, 9.17) is 0 Å². The summed E-state index contributed by atoms with van der Waals surface area (Å²) in [6.45, 7) is 1.97. The molecule has 0 N–H and O–H groups in total. The van der Waals surface area contributed by atoms with Crippen molar-refractivity contribution in [2.24, 2.45) is 5.92 Å². The second-order valence-electron chi connectivity index (χ2n) is 3.06. The lowest BCUT2D eigenvalue weighted by atomic mass is 10.1. The first-order valence-electron chi connectivity index (χ1n) is 4.33. The SMILES string of the molecule is COC(=O)C1=C(C=O)C=CC(C)C=C1. The lowest BCUT2D eigenvalue weighted by molar-refractivity contribution is -0.135. The van der Waals surface area contributed by atoms with Crippen LogP contribution in [0.3, 0.4) is 0 Å². The number of hydrogen-bond donors (Lipinski definition) is 0. The van der Waals surface area contributed by atoms with Gasteiger partial charge in [0.05, 0.1) is 12.7 Å². The van der Waals surface area contributed by atoms with E-state index in [9.17, 15) is 9.59 Å². The number of methoxy groups -OCH3 is 1. The highest BCUT2D eigenvalue weighted by Crippen LogP contribution is 2.15. The molecular formula is C11H12O3. The van der Waals surface area contributed by atoms with Gasteiger partial charge in [0.1, 0.15) is 0 Å². The molecule has 0 aliphatic heterocycles. The Kier molecular flexibility index (Phi) is 3.40. The van der Waals surface area contributed by atoms with Gasteiger partial charge in [0, 0.05) is 5.57 Å². The monoisotopic (exact) mass is 192 g/mol. The highest BCUT2D eigenvalue weighted by atomic mass is 16.5. The Morgan fingerprint density at radius 1 is 1.43 bits per heavy atom. The van der Waals surface area contributed by atoms with Crippen molar-refractivity contribution in [2.45, 2.75) is 6.92 Å². The fourth-order valence-electron chi connectivity index (χ4n) is 1.15.